The van der Waals surface area contributed by atoms with Crippen LogP contribution in [-0.4, -0.2) is 18.1 Å². The number of piperidine rings is 1. The predicted molar refractivity (Wildman–Crippen MR) is 63.6 cm³/mol. The monoisotopic (exact) mass is 324 g/mol. The summed E-state index contributed by atoms with van der Waals surface area (Å²) >= 11 is 8.59. The Labute approximate surface area is 98.6 Å². The molecule has 1 fully saturated rings. The van der Waals surface area contributed by atoms with Crippen LogP contribution in [0, 0.1) is 0 Å². The first kappa shape index (κ1) is 9.93. The van der Waals surface area contributed by atoms with E-state index in [9.17, 15) is 0 Å². The van der Waals surface area contributed by atoms with E-state index in [1.54, 1.807) is 11.3 Å². The van der Waals surface area contributed by atoms with Crippen LogP contribution < -0.4 is 4.90 Å². The van der Waals surface area contributed by atoms with Gasteiger partial charge in [-0.3, -0.25) is 0 Å². The van der Waals surface area contributed by atoms with Crippen LogP contribution >= 0.6 is 43.2 Å². The Morgan fingerprint density at radius 1 is 1.15 bits per heavy atom. The van der Waals surface area contributed by atoms with Crippen molar-refractivity contribution in [3.63, 3.8) is 0 Å². The molecule has 0 unspecified atom stereocenters. The molecule has 13 heavy (non-hydrogen) atoms. The molecule has 2 nitrogen and oxygen atoms in total. The zero-order valence-corrected chi connectivity index (χ0v) is 11.1. The topological polar surface area (TPSA) is 16.1 Å². The normalized spacial score (nSPS) is 17.8. The molecule has 5 heteroatoms. The van der Waals surface area contributed by atoms with Gasteiger partial charge in [-0.05, 0) is 51.1 Å². The highest BCUT2D eigenvalue weighted by molar-refractivity contribution is 9.11. The summed E-state index contributed by atoms with van der Waals surface area (Å²) in [6.07, 6.45) is 3.98. The van der Waals surface area contributed by atoms with E-state index in [-0.39, 0.29) is 0 Å². The highest BCUT2D eigenvalue weighted by Crippen LogP contribution is 2.36. The second-order valence-corrected chi connectivity index (χ2v) is 6.12. The van der Waals surface area contributed by atoms with Crippen molar-refractivity contribution in [3.05, 3.63) is 8.52 Å². The minimum absolute atomic E-state index is 0.958. The Balaban J connectivity index is 2.18. The molecule has 1 aromatic rings. The van der Waals surface area contributed by atoms with E-state index in [2.05, 4.69) is 41.7 Å². The number of hydrogen-bond donors (Lipinski definition) is 0. The van der Waals surface area contributed by atoms with Gasteiger partial charge in [0, 0.05) is 13.1 Å². The van der Waals surface area contributed by atoms with Crippen LogP contribution in [-0.2, 0) is 0 Å². The molecule has 0 bridgehead atoms. The SMILES string of the molecule is Brc1nc(Br)c(N2CCCCC2)s1. The molecule has 2 heterocycles. The van der Waals surface area contributed by atoms with Gasteiger partial charge in [0.2, 0.25) is 0 Å². The van der Waals surface area contributed by atoms with Gasteiger partial charge in [-0.25, -0.2) is 4.98 Å². The number of rotatable bonds is 1. The number of anilines is 1. The van der Waals surface area contributed by atoms with Gasteiger partial charge < -0.3 is 4.90 Å². The van der Waals surface area contributed by atoms with Gasteiger partial charge >= 0.3 is 0 Å². The van der Waals surface area contributed by atoms with Crippen LogP contribution in [0.5, 0.6) is 0 Å². The Morgan fingerprint density at radius 3 is 2.38 bits per heavy atom. The second-order valence-electron chi connectivity index (χ2n) is 3.11. The molecular formula is C8H10Br2N2S. The fourth-order valence-corrected chi connectivity index (χ4v) is 3.96. The van der Waals surface area contributed by atoms with E-state index in [0.29, 0.717) is 0 Å². The molecule has 0 aromatic carbocycles. The smallest absolute Gasteiger partial charge is 0.162 e. The lowest BCUT2D eigenvalue weighted by Crippen LogP contribution is -2.28. The second kappa shape index (κ2) is 4.28. The van der Waals surface area contributed by atoms with Crippen molar-refractivity contribution in [1.82, 2.24) is 4.98 Å². The Bertz CT molecular complexity index is 294. The minimum atomic E-state index is 0.958. The van der Waals surface area contributed by atoms with Gasteiger partial charge in [-0.1, -0.05) is 11.3 Å². The minimum Gasteiger partial charge on any atom is -0.361 e. The Hall–Kier alpha value is 0.390. The molecule has 72 valence electrons. The molecule has 0 amide bonds. The first-order valence-corrected chi connectivity index (χ1v) is 6.74. The maximum absolute atomic E-state index is 4.30. The van der Waals surface area contributed by atoms with E-state index >= 15 is 0 Å². The molecular weight excluding hydrogens is 316 g/mol. The van der Waals surface area contributed by atoms with Crippen LogP contribution in [0.3, 0.4) is 0 Å². The summed E-state index contributed by atoms with van der Waals surface area (Å²) in [7, 11) is 0. The van der Waals surface area contributed by atoms with Crippen molar-refractivity contribution in [2.75, 3.05) is 18.0 Å². The van der Waals surface area contributed by atoms with Crippen LogP contribution in [0.2, 0.25) is 0 Å². The van der Waals surface area contributed by atoms with Crippen molar-refractivity contribution < 1.29 is 0 Å². The Kier molecular flexibility index (Phi) is 3.26. The van der Waals surface area contributed by atoms with Crippen molar-refractivity contribution >= 4 is 48.2 Å². The molecule has 1 saturated heterocycles. The molecule has 2 rings (SSSR count). The number of nitrogens with zero attached hydrogens (tertiary/aromatic N) is 2. The van der Waals surface area contributed by atoms with Crippen molar-refractivity contribution in [2.45, 2.75) is 19.3 Å². The first-order chi connectivity index (χ1) is 6.27. The summed E-state index contributed by atoms with van der Waals surface area (Å²) in [5.74, 6) is 0. The van der Waals surface area contributed by atoms with Gasteiger partial charge in [-0.15, -0.1) is 0 Å². The van der Waals surface area contributed by atoms with E-state index in [0.717, 1.165) is 8.52 Å². The summed E-state index contributed by atoms with van der Waals surface area (Å²) in [4.78, 5) is 6.71. The molecule has 0 N–H and O–H groups in total. The molecule has 0 radical (unpaired) electrons. The molecule has 0 saturated carbocycles. The maximum atomic E-state index is 4.30. The first-order valence-electron chi connectivity index (χ1n) is 4.34. The van der Waals surface area contributed by atoms with Gasteiger partial charge in [0.05, 0.1) is 0 Å². The zero-order valence-electron chi connectivity index (χ0n) is 7.09. The summed E-state index contributed by atoms with van der Waals surface area (Å²) in [6.45, 7) is 2.35. The fourth-order valence-electron chi connectivity index (χ4n) is 1.56. The standard InChI is InChI=1S/C8H10Br2N2S/c9-6-7(13-8(10)11-6)12-4-2-1-3-5-12/h1-5H2. The fraction of sp³-hybridized carbons (Fsp3) is 0.625. The van der Waals surface area contributed by atoms with Crippen LogP contribution in [0.4, 0.5) is 5.00 Å². The third-order valence-electron chi connectivity index (χ3n) is 2.19. The van der Waals surface area contributed by atoms with Gasteiger partial charge in [0.1, 0.15) is 9.60 Å². The number of halogens is 2. The third-order valence-corrected chi connectivity index (χ3v) is 4.57. The van der Waals surface area contributed by atoms with Gasteiger partial charge in [0.25, 0.3) is 0 Å². The van der Waals surface area contributed by atoms with Crippen LogP contribution in [0.15, 0.2) is 8.52 Å². The van der Waals surface area contributed by atoms with Crippen LogP contribution in [0.25, 0.3) is 0 Å². The molecule has 1 aliphatic rings. The highest BCUT2D eigenvalue weighted by Gasteiger charge is 2.16. The van der Waals surface area contributed by atoms with Gasteiger partial charge in [0.15, 0.2) is 3.92 Å². The summed E-state index contributed by atoms with van der Waals surface area (Å²) < 4.78 is 1.94. The van der Waals surface area contributed by atoms with E-state index in [1.165, 1.54) is 37.4 Å². The lowest BCUT2D eigenvalue weighted by Gasteiger charge is -2.27. The van der Waals surface area contributed by atoms with Crippen molar-refractivity contribution in [3.8, 4) is 0 Å². The van der Waals surface area contributed by atoms with Crippen molar-refractivity contribution in [2.24, 2.45) is 0 Å². The summed E-state index contributed by atoms with van der Waals surface area (Å²) in [5.41, 5.74) is 0. The molecule has 0 spiro atoms. The predicted octanol–water partition coefficient (Wildman–Crippen LogP) is 3.66. The lowest BCUT2D eigenvalue weighted by atomic mass is 10.1. The number of thiazole rings is 1. The highest BCUT2D eigenvalue weighted by atomic mass is 79.9. The summed E-state index contributed by atoms with van der Waals surface area (Å²) in [5, 5.41) is 1.27. The summed E-state index contributed by atoms with van der Waals surface area (Å²) in [6, 6.07) is 0. The zero-order chi connectivity index (χ0) is 9.26. The van der Waals surface area contributed by atoms with Crippen LogP contribution in [0.1, 0.15) is 19.3 Å². The quantitative estimate of drug-likeness (QED) is 0.783. The molecule has 1 aromatic heterocycles. The van der Waals surface area contributed by atoms with Crippen molar-refractivity contribution in [1.29, 1.82) is 0 Å². The molecule has 0 atom stereocenters. The molecule has 0 aliphatic carbocycles. The third kappa shape index (κ3) is 2.25. The largest absolute Gasteiger partial charge is 0.361 e. The Morgan fingerprint density at radius 2 is 1.85 bits per heavy atom. The van der Waals surface area contributed by atoms with E-state index in [1.807, 2.05) is 0 Å². The number of hydrogen-bond acceptors (Lipinski definition) is 3. The molecule has 1 aliphatic heterocycles. The maximum Gasteiger partial charge on any atom is 0.162 e. The van der Waals surface area contributed by atoms with Gasteiger partial charge in [-0.2, -0.15) is 0 Å². The number of aromatic nitrogens is 1. The van der Waals surface area contributed by atoms with E-state index in [4.69, 9.17) is 0 Å². The average Bonchev–Trinajstić information content (AvgIpc) is 2.47. The lowest BCUT2D eigenvalue weighted by molar-refractivity contribution is 0.579. The average molecular weight is 326 g/mol. The van der Waals surface area contributed by atoms with E-state index < -0.39 is 0 Å².